The molecule has 6 nitrogen and oxygen atoms in total. The molecule has 0 spiro atoms. The van der Waals surface area contributed by atoms with E-state index in [4.69, 9.17) is 0 Å². The van der Waals surface area contributed by atoms with Gasteiger partial charge in [-0.2, -0.15) is 0 Å². The lowest BCUT2D eigenvalue weighted by molar-refractivity contribution is -0.120. The number of aryl methyl sites for hydroxylation is 2. The van der Waals surface area contributed by atoms with Crippen LogP contribution in [0.3, 0.4) is 0 Å². The minimum atomic E-state index is -0.302. The molecule has 1 aromatic carbocycles. The number of rotatable bonds is 9. The first-order valence-electron chi connectivity index (χ1n) is 9.44. The van der Waals surface area contributed by atoms with Crippen LogP contribution in [0, 0.1) is 19.7 Å². The van der Waals surface area contributed by atoms with Gasteiger partial charge in [0, 0.05) is 37.5 Å². The Kier molecular flexibility index (Phi) is 8.87. The van der Waals surface area contributed by atoms with Crippen LogP contribution < -0.4 is 16.0 Å². The average Bonchev–Trinajstić information content (AvgIpc) is 2.98. The van der Waals surface area contributed by atoms with Gasteiger partial charge in [0.1, 0.15) is 5.82 Å². The molecule has 0 saturated carbocycles. The Morgan fingerprint density at radius 3 is 2.50 bits per heavy atom. The second kappa shape index (κ2) is 11.4. The molecule has 2 rings (SSSR count). The summed E-state index contributed by atoms with van der Waals surface area (Å²) >= 11 is 1.72. The first kappa shape index (κ1) is 21.8. The molecule has 0 bridgehead atoms. The normalized spacial score (nSPS) is 11.4. The fourth-order valence-corrected chi connectivity index (χ4v) is 3.41. The van der Waals surface area contributed by atoms with Gasteiger partial charge in [-0.3, -0.25) is 9.79 Å². The highest BCUT2D eigenvalue weighted by atomic mass is 32.1. The van der Waals surface area contributed by atoms with Gasteiger partial charge in [-0.05, 0) is 38.5 Å². The molecule has 0 aliphatic rings. The van der Waals surface area contributed by atoms with Gasteiger partial charge in [0.25, 0.3) is 0 Å². The Labute approximate surface area is 169 Å². The van der Waals surface area contributed by atoms with Gasteiger partial charge in [-0.25, -0.2) is 9.37 Å². The summed E-state index contributed by atoms with van der Waals surface area (Å²) in [5.41, 5.74) is 1.87. The standard InChI is InChI=1S/C20H28FN5OS/c1-4-22-20(24-10-9-19-26-14(2)15(3)28-19)25-12-11-23-18(27)13-16-5-7-17(21)8-6-16/h5-8H,4,9-13H2,1-3H3,(H,23,27)(H2,22,24,25). The molecule has 1 aromatic heterocycles. The van der Waals surface area contributed by atoms with Crippen molar-refractivity contribution in [2.45, 2.75) is 33.6 Å². The average molecular weight is 406 g/mol. The maximum absolute atomic E-state index is 12.9. The number of aromatic nitrogens is 1. The topological polar surface area (TPSA) is 78.4 Å². The zero-order valence-electron chi connectivity index (χ0n) is 16.6. The number of nitrogens with zero attached hydrogens (tertiary/aromatic N) is 2. The van der Waals surface area contributed by atoms with Crippen LogP contribution in [0.2, 0.25) is 0 Å². The molecule has 0 unspecified atom stereocenters. The number of guanidine groups is 1. The van der Waals surface area contributed by atoms with Gasteiger partial charge in [-0.1, -0.05) is 12.1 Å². The van der Waals surface area contributed by atoms with Crippen molar-refractivity contribution in [1.82, 2.24) is 20.9 Å². The minimum Gasteiger partial charge on any atom is -0.357 e. The molecular weight excluding hydrogens is 377 g/mol. The van der Waals surface area contributed by atoms with Crippen LogP contribution in [-0.4, -0.2) is 43.0 Å². The number of hydrogen-bond acceptors (Lipinski definition) is 4. The third-order valence-corrected chi connectivity index (χ3v) is 5.16. The van der Waals surface area contributed by atoms with Crippen LogP contribution in [0.25, 0.3) is 0 Å². The Balaban J connectivity index is 1.69. The van der Waals surface area contributed by atoms with Crippen LogP contribution in [0.1, 0.15) is 28.1 Å². The maximum Gasteiger partial charge on any atom is 0.224 e. The fourth-order valence-electron chi connectivity index (χ4n) is 2.48. The molecule has 0 radical (unpaired) electrons. The molecule has 0 aliphatic carbocycles. The summed E-state index contributed by atoms with van der Waals surface area (Å²) < 4.78 is 12.9. The first-order valence-corrected chi connectivity index (χ1v) is 10.3. The zero-order chi connectivity index (χ0) is 20.4. The summed E-state index contributed by atoms with van der Waals surface area (Å²) in [6.07, 6.45) is 1.05. The second-order valence-corrected chi connectivity index (χ2v) is 7.63. The van der Waals surface area contributed by atoms with Crippen LogP contribution in [-0.2, 0) is 17.6 Å². The van der Waals surface area contributed by atoms with Gasteiger partial charge in [0.2, 0.25) is 5.91 Å². The van der Waals surface area contributed by atoms with Gasteiger partial charge >= 0.3 is 0 Å². The Hall–Kier alpha value is -2.48. The van der Waals surface area contributed by atoms with E-state index in [1.54, 1.807) is 23.5 Å². The number of benzene rings is 1. The maximum atomic E-state index is 12.9. The van der Waals surface area contributed by atoms with Crippen LogP contribution in [0.15, 0.2) is 29.3 Å². The number of nitrogens with one attached hydrogen (secondary N) is 3. The fraction of sp³-hybridized carbons (Fsp3) is 0.450. The van der Waals surface area contributed by atoms with E-state index < -0.39 is 0 Å². The van der Waals surface area contributed by atoms with Crippen molar-refractivity contribution in [1.29, 1.82) is 0 Å². The van der Waals surface area contributed by atoms with Gasteiger partial charge in [0.15, 0.2) is 5.96 Å². The number of aliphatic imine (C=N–C) groups is 1. The van der Waals surface area contributed by atoms with E-state index in [9.17, 15) is 9.18 Å². The molecule has 0 atom stereocenters. The number of carbonyl (C=O) groups excluding carboxylic acids is 1. The van der Waals surface area contributed by atoms with E-state index in [2.05, 4.69) is 32.9 Å². The highest BCUT2D eigenvalue weighted by Crippen LogP contribution is 2.16. The molecule has 0 aliphatic heterocycles. The van der Waals surface area contributed by atoms with E-state index in [0.29, 0.717) is 19.6 Å². The molecule has 3 N–H and O–H groups in total. The van der Waals surface area contributed by atoms with E-state index in [1.165, 1.54) is 17.0 Å². The summed E-state index contributed by atoms with van der Waals surface area (Å²) in [7, 11) is 0. The van der Waals surface area contributed by atoms with Gasteiger partial charge in [-0.15, -0.1) is 11.3 Å². The number of hydrogen-bond donors (Lipinski definition) is 3. The minimum absolute atomic E-state index is 0.0927. The van der Waals surface area contributed by atoms with Crippen LogP contribution >= 0.6 is 11.3 Å². The lowest BCUT2D eigenvalue weighted by atomic mass is 10.1. The quantitative estimate of drug-likeness (QED) is 0.340. The molecule has 0 saturated heterocycles. The highest BCUT2D eigenvalue weighted by Gasteiger charge is 2.05. The smallest absolute Gasteiger partial charge is 0.224 e. The first-order chi connectivity index (χ1) is 13.5. The molecule has 28 heavy (non-hydrogen) atoms. The predicted molar refractivity (Wildman–Crippen MR) is 112 cm³/mol. The van der Waals surface area contributed by atoms with Crippen LogP contribution in [0.4, 0.5) is 4.39 Å². The number of thiazole rings is 1. The Morgan fingerprint density at radius 2 is 1.86 bits per heavy atom. The van der Waals surface area contributed by atoms with E-state index in [1.807, 2.05) is 13.8 Å². The number of carbonyl (C=O) groups is 1. The third kappa shape index (κ3) is 7.64. The van der Waals surface area contributed by atoms with E-state index >= 15 is 0 Å². The summed E-state index contributed by atoms with van der Waals surface area (Å²) in [6.45, 7) is 8.57. The van der Waals surface area contributed by atoms with Crippen molar-refractivity contribution in [2.24, 2.45) is 4.99 Å². The SMILES string of the molecule is CCNC(=NCCc1nc(C)c(C)s1)NCCNC(=O)Cc1ccc(F)cc1. The van der Waals surface area contributed by atoms with Crippen molar-refractivity contribution < 1.29 is 9.18 Å². The van der Waals surface area contributed by atoms with Crippen molar-refractivity contribution in [3.05, 3.63) is 51.2 Å². The second-order valence-electron chi connectivity index (χ2n) is 6.34. The molecule has 152 valence electrons. The molecule has 1 amide bonds. The molecule has 1 heterocycles. The van der Waals surface area contributed by atoms with Crippen molar-refractivity contribution in [3.8, 4) is 0 Å². The van der Waals surface area contributed by atoms with Gasteiger partial charge in [0.05, 0.1) is 17.1 Å². The molecular formula is C20H28FN5OS. The third-order valence-electron chi connectivity index (χ3n) is 4.03. The van der Waals surface area contributed by atoms with Crippen LogP contribution in [0.5, 0.6) is 0 Å². The number of halogens is 1. The lowest BCUT2D eigenvalue weighted by Crippen LogP contribution is -2.41. The molecule has 0 fully saturated rings. The van der Waals surface area contributed by atoms with E-state index in [-0.39, 0.29) is 18.1 Å². The highest BCUT2D eigenvalue weighted by molar-refractivity contribution is 7.11. The largest absolute Gasteiger partial charge is 0.357 e. The monoisotopic (exact) mass is 405 g/mol. The van der Waals surface area contributed by atoms with E-state index in [0.717, 1.165) is 35.2 Å². The van der Waals surface area contributed by atoms with Crippen molar-refractivity contribution in [2.75, 3.05) is 26.2 Å². The molecule has 2 aromatic rings. The zero-order valence-corrected chi connectivity index (χ0v) is 17.5. The Morgan fingerprint density at radius 1 is 1.14 bits per heavy atom. The lowest BCUT2D eigenvalue weighted by Gasteiger charge is -2.11. The summed E-state index contributed by atoms with van der Waals surface area (Å²) in [6, 6.07) is 5.96. The summed E-state index contributed by atoms with van der Waals surface area (Å²) in [5.74, 6) is 0.328. The molecule has 8 heteroatoms. The van der Waals surface area contributed by atoms with Gasteiger partial charge < -0.3 is 16.0 Å². The summed E-state index contributed by atoms with van der Waals surface area (Å²) in [4.78, 5) is 22.3. The number of amides is 1. The Bertz CT molecular complexity index is 769. The summed E-state index contributed by atoms with van der Waals surface area (Å²) in [5, 5.41) is 10.3. The van der Waals surface area contributed by atoms with Crippen molar-refractivity contribution >= 4 is 23.2 Å². The van der Waals surface area contributed by atoms with Crippen molar-refractivity contribution in [3.63, 3.8) is 0 Å². The predicted octanol–water partition coefficient (Wildman–Crippen LogP) is 2.36.